The molecule has 0 aliphatic heterocycles. The molecule has 0 aromatic heterocycles. The van der Waals surface area contributed by atoms with Gasteiger partial charge in [-0.05, 0) is 41.3 Å². The molecule has 1 N–H and O–H groups in total. The molecule has 0 radical (unpaired) electrons. The van der Waals surface area contributed by atoms with E-state index in [-0.39, 0.29) is 5.72 Å². The largest absolute Gasteiger partial charge is 0.342 e. The van der Waals surface area contributed by atoms with Gasteiger partial charge >= 0.3 is 0 Å². The minimum Gasteiger partial charge on any atom is -0.342 e. The van der Waals surface area contributed by atoms with Crippen molar-refractivity contribution in [2.45, 2.75) is 19.6 Å². The van der Waals surface area contributed by atoms with E-state index >= 15 is 0 Å². The van der Waals surface area contributed by atoms with Crippen LogP contribution in [0, 0.1) is 0 Å². The molecule has 0 aliphatic rings. The molecule has 0 fully saturated rings. The number of rotatable bonds is 3. The van der Waals surface area contributed by atoms with Crippen LogP contribution in [0.15, 0.2) is 0 Å². The first-order valence-electron chi connectivity index (χ1n) is 3.35. The van der Waals surface area contributed by atoms with Crippen molar-refractivity contribution in [3.05, 3.63) is 0 Å². The molecule has 0 aliphatic carbocycles. The molecule has 0 saturated heterocycles. The van der Waals surface area contributed by atoms with Crippen LogP contribution in [-0.4, -0.2) is 32.4 Å². The lowest BCUT2D eigenvalue weighted by molar-refractivity contribution is 0.0971. The Labute approximate surface area is 64.0 Å². The van der Waals surface area contributed by atoms with E-state index in [1.807, 2.05) is 34.2 Å². The van der Waals surface area contributed by atoms with Crippen molar-refractivity contribution in [2.75, 3.05) is 20.4 Å². The molecule has 0 spiro atoms. The molecule has 0 bridgehead atoms. The number of nitrogens with one attached hydrogen (secondary N) is 1. The Kier molecular flexibility index (Phi) is 3.15. The average molecular weight is 163 g/mol. The predicted molar refractivity (Wildman–Crippen MR) is 50.1 cm³/mol. The van der Waals surface area contributed by atoms with E-state index in [0.717, 1.165) is 0 Å². The summed E-state index contributed by atoms with van der Waals surface area (Å²) in [5.74, 6) is 0. The number of hydrogen-bond acceptors (Lipinski definition) is 2. The summed E-state index contributed by atoms with van der Waals surface area (Å²) in [5, 5.41) is 3.06. The average Bonchev–Trinajstić information content (AvgIpc) is 1.60. The van der Waals surface area contributed by atoms with E-state index in [0.29, 0.717) is 0 Å². The van der Waals surface area contributed by atoms with Crippen molar-refractivity contribution in [3.8, 4) is 0 Å². The quantitative estimate of drug-likeness (QED) is 0.504. The highest BCUT2D eigenvalue weighted by molar-refractivity contribution is 7.67. The molecule has 0 aromatic rings. The monoisotopic (exact) mass is 163 g/mol. The zero-order valence-corrected chi connectivity index (χ0v) is 8.46. The first kappa shape index (κ1) is 10.2. The standard InChI is InChI=1S/C7H18NOP/c1-7(2,8-3)9-10(4,5)6/h8H,4H2,1-3,5-6H3. The molecule has 10 heavy (non-hydrogen) atoms. The first-order chi connectivity index (χ1) is 4.27. The highest BCUT2D eigenvalue weighted by atomic mass is 31.2. The maximum Gasteiger partial charge on any atom is 0.116 e. The van der Waals surface area contributed by atoms with Crippen LogP contribution in [-0.2, 0) is 4.52 Å². The summed E-state index contributed by atoms with van der Waals surface area (Å²) in [6.07, 6.45) is 3.95. The van der Waals surface area contributed by atoms with Gasteiger partial charge in [0.2, 0.25) is 0 Å². The maximum absolute atomic E-state index is 5.66. The first-order valence-corrected chi connectivity index (χ1v) is 6.13. The van der Waals surface area contributed by atoms with E-state index in [9.17, 15) is 0 Å². The van der Waals surface area contributed by atoms with Gasteiger partial charge in [-0.15, -0.1) is 0 Å². The van der Waals surface area contributed by atoms with Crippen LogP contribution >= 0.6 is 7.11 Å². The summed E-state index contributed by atoms with van der Waals surface area (Å²) in [4.78, 5) is 0. The van der Waals surface area contributed by atoms with Gasteiger partial charge in [0.25, 0.3) is 0 Å². The van der Waals surface area contributed by atoms with Crippen molar-refractivity contribution >= 4 is 13.4 Å². The summed E-state index contributed by atoms with van der Waals surface area (Å²) in [7, 11) is 0.518. The molecule has 0 aromatic carbocycles. The van der Waals surface area contributed by atoms with E-state index in [1.165, 1.54) is 0 Å². The van der Waals surface area contributed by atoms with Gasteiger partial charge in [0.1, 0.15) is 5.72 Å². The lowest BCUT2D eigenvalue weighted by atomic mass is 10.3. The summed E-state index contributed by atoms with van der Waals surface area (Å²) >= 11 is 0. The Hall–Kier alpha value is 0.220. The predicted octanol–water partition coefficient (Wildman–Crippen LogP) is 1.58. The third-order valence-electron chi connectivity index (χ3n) is 1.08. The topological polar surface area (TPSA) is 21.3 Å². The molecular weight excluding hydrogens is 145 g/mol. The van der Waals surface area contributed by atoms with Gasteiger partial charge in [0.15, 0.2) is 0 Å². The van der Waals surface area contributed by atoms with Crippen molar-refractivity contribution in [2.24, 2.45) is 0 Å². The van der Waals surface area contributed by atoms with Crippen LogP contribution in [0.1, 0.15) is 13.8 Å². The van der Waals surface area contributed by atoms with Gasteiger partial charge in [-0.3, -0.25) is 5.32 Å². The van der Waals surface area contributed by atoms with Gasteiger partial charge in [-0.1, -0.05) is 6.30 Å². The van der Waals surface area contributed by atoms with Gasteiger partial charge in [-0.25, -0.2) is 0 Å². The van der Waals surface area contributed by atoms with Gasteiger partial charge in [-0.2, -0.15) is 0 Å². The Balaban J connectivity index is 4.02. The van der Waals surface area contributed by atoms with Crippen LogP contribution < -0.4 is 5.32 Å². The second-order valence-electron chi connectivity index (χ2n) is 3.43. The lowest BCUT2D eigenvalue weighted by Crippen LogP contribution is -2.37. The van der Waals surface area contributed by atoms with E-state index in [1.54, 1.807) is 0 Å². The SMILES string of the molecule is C=P(C)(C)OC(C)(C)NC. The Morgan fingerprint density at radius 2 is 1.80 bits per heavy atom. The summed E-state index contributed by atoms with van der Waals surface area (Å²) in [6.45, 7) is 8.10. The second kappa shape index (κ2) is 3.08. The molecule has 0 saturated carbocycles. The molecule has 62 valence electrons. The summed E-state index contributed by atoms with van der Waals surface area (Å²) in [5.41, 5.74) is -0.237. The Bertz CT molecular complexity index is 148. The lowest BCUT2D eigenvalue weighted by Gasteiger charge is -2.30. The van der Waals surface area contributed by atoms with E-state index in [4.69, 9.17) is 4.52 Å². The van der Waals surface area contributed by atoms with Crippen LogP contribution in [0.5, 0.6) is 0 Å². The highest BCUT2D eigenvalue weighted by Crippen LogP contribution is 2.40. The molecule has 3 heteroatoms. The second-order valence-corrected chi connectivity index (χ2v) is 6.76. The zero-order chi connectivity index (χ0) is 8.41. The molecule has 0 heterocycles. The summed E-state index contributed by atoms with van der Waals surface area (Å²) < 4.78 is 5.66. The molecule has 0 unspecified atom stereocenters. The fourth-order valence-electron chi connectivity index (χ4n) is 0.663. The smallest absolute Gasteiger partial charge is 0.116 e. The van der Waals surface area contributed by atoms with Crippen molar-refractivity contribution < 1.29 is 4.52 Å². The van der Waals surface area contributed by atoms with Crippen LogP contribution in [0.25, 0.3) is 0 Å². The highest BCUT2D eigenvalue weighted by Gasteiger charge is 2.18. The van der Waals surface area contributed by atoms with Crippen LogP contribution in [0.3, 0.4) is 0 Å². The fraction of sp³-hybridized carbons (Fsp3) is 0.857. The summed E-state index contributed by atoms with van der Waals surface area (Å²) in [6, 6.07) is 0. The zero-order valence-electron chi connectivity index (χ0n) is 7.56. The fourth-order valence-corrected chi connectivity index (χ4v) is 1.99. The van der Waals surface area contributed by atoms with Crippen LogP contribution in [0.2, 0.25) is 0 Å². The van der Waals surface area contributed by atoms with E-state index < -0.39 is 7.11 Å². The van der Waals surface area contributed by atoms with E-state index in [2.05, 4.69) is 11.6 Å². The third kappa shape index (κ3) is 5.04. The van der Waals surface area contributed by atoms with Crippen LogP contribution in [0.4, 0.5) is 0 Å². The van der Waals surface area contributed by atoms with Gasteiger partial charge < -0.3 is 4.52 Å². The normalized spacial score (nSPS) is 13.7. The molecule has 0 amide bonds. The van der Waals surface area contributed by atoms with Gasteiger partial charge in [0.05, 0.1) is 0 Å². The Morgan fingerprint density at radius 1 is 1.40 bits per heavy atom. The molecular formula is C7H18NOP. The van der Waals surface area contributed by atoms with Crippen molar-refractivity contribution in [1.29, 1.82) is 0 Å². The minimum absolute atomic E-state index is 0.237. The molecule has 2 nitrogen and oxygen atoms in total. The number of hydrogen-bond donors (Lipinski definition) is 1. The minimum atomic E-state index is -1.37. The molecule has 0 atom stereocenters. The van der Waals surface area contributed by atoms with Gasteiger partial charge in [0, 0.05) is 0 Å². The van der Waals surface area contributed by atoms with Crippen molar-refractivity contribution in [3.63, 3.8) is 0 Å². The molecule has 0 rings (SSSR count). The Morgan fingerprint density at radius 3 is 1.90 bits per heavy atom. The van der Waals surface area contributed by atoms with Crippen molar-refractivity contribution in [1.82, 2.24) is 5.32 Å². The maximum atomic E-state index is 5.66. The third-order valence-corrected chi connectivity index (χ3v) is 2.03.